The van der Waals surface area contributed by atoms with Gasteiger partial charge in [0.25, 0.3) is 5.91 Å². The lowest BCUT2D eigenvalue weighted by Gasteiger charge is -2.39. The summed E-state index contributed by atoms with van der Waals surface area (Å²) in [4.78, 5) is 29.8. The van der Waals surface area contributed by atoms with Crippen molar-refractivity contribution in [2.75, 3.05) is 38.1 Å². The fourth-order valence-electron chi connectivity index (χ4n) is 4.14. The Hall–Kier alpha value is -3.17. The van der Waals surface area contributed by atoms with Crippen LogP contribution in [0.25, 0.3) is 0 Å². The number of thiophene rings is 1. The number of aryl methyl sites for hydroxylation is 1. The number of benzene rings is 1. The Morgan fingerprint density at radius 2 is 1.88 bits per heavy atom. The minimum absolute atomic E-state index is 0.211. The molecule has 0 saturated carbocycles. The maximum Gasteiger partial charge on any atom is 0.409 e. The van der Waals surface area contributed by atoms with Gasteiger partial charge in [-0.15, -0.1) is 11.3 Å². The summed E-state index contributed by atoms with van der Waals surface area (Å²) in [5.41, 5.74) is 1.36. The minimum atomic E-state index is -0.422. The first-order valence-corrected chi connectivity index (χ1v) is 12.2. The molecule has 3 heterocycles. The molecular formula is C25H28FN3O4S. The number of halogens is 1. The molecule has 1 aromatic carbocycles. The first-order chi connectivity index (χ1) is 16.5. The van der Waals surface area contributed by atoms with Gasteiger partial charge >= 0.3 is 6.09 Å². The largest absolute Gasteiger partial charge is 0.459 e. The molecule has 7 nitrogen and oxygen atoms in total. The van der Waals surface area contributed by atoms with Gasteiger partial charge in [0.15, 0.2) is 5.76 Å². The number of rotatable bonds is 7. The molecule has 1 N–H and O–H groups in total. The van der Waals surface area contributed by atoms with Gasteiger partial charge < -0.3 is 19.4 Å². The first-order valence-electron chi connectivity index (χ1n) is 11.4. The molecule has 180 valence electrons. The summed E-state index contributed by atoms with van der Waals surface area (Å²) in [6.07, 6.45) is 1.90. The number of hydrogen-bond donors (Lipinski definition) is 1. The maximum absolute atomic E-state index is 15.1. The summed E-state index contributed by atoms with van der Waals surface area (Å²) < 4.78 is 25.5. The summed E-state index contributed by atoms with van der Waals surface area (Å²) >= 11 is 1.48. The van der Waals surface area contributed by atoms with E-state index in [2.05, 4.69) is 10.2 Å². The number of nitrogens with one attached hydrogen (secondary N) is 1. The van der Waals surface area contributed by atoms with Crippen molar-refractivity contribution >= 4 is 28.3 Å². The number of carbonyl (C=O) groups excluding carboxylic acids is 2. The minimum Gasteiger partial charge on any atom is -0.459 e. The van der Waals surface area contributed by atoms with Crippen molar-refractivity contribution in [2.24, 2.45) is 0 Å². The van der Waals surface area contributed by atoms with E-state index in [1.807, 2.05) is 19.1 Å². The SMILES string of the molecule is CCOC(=O)N1CCN([C@H](c2ccccc2F)c2cc(CC)sc2NC(=O)c2ccco2)CC1. The average Bonchev–Trinajstić information content (AvgIpc) is 3.52. The fraction of sp³-hybridized carbons (Fsp3) is 0.360. The quantitative estimate of drug-likeness (QED) is 0.500. The van der Waals surface area contributed by atoms with E-state index in [9.17, 15) is 9.59 Å². The molecule has 0 bridgehead atoms. The molecule has 1 aliphatic heterocycles. The number of carbonyl (C=O) groups is 2. The summed E-state index contributed by atoms with van der Waals surface area (Å²) in [5, 5.41) is 3.64. The topological polar surface area (TPSA) is 75.0 Å². The average molecular weight is 486 g/mol. The summed E-state index contributed by atoms with van der Waals surface area (Å²) in [6, 6.07) is 11.6. The Morgan fingerprint density at radius 1 is 1.12 bits per heavy atom. The van der Waals surface area contributed by atoms with Crippen molar-refractivity contribution in [3.63, 3.8) is 0 Å². The van der Waals surface area contributed by atoms with E-state index in [0.29, 0.717) is 43.4 Å². The van der Waals surface area contributed by atoms with Gasteiger partial charge in [0, 0.05) is 42.2 Å². The molecule has 0 aliphatic carbocycles. The Balaban J connectivity index is 1.68. The Kier molecular flexibility index (Phi) is 7.64. The van der Waals surface area contributed by atoms with Crippen LogP contribution in [0.2, 0.25) is 0 Å². The van der Waals surface area contributed by atoms with Gasteiger partial charge in [-0.05, 0) is 37.6 Å². The summed E-state index contributed by atoms with van der Waals surface area (Å²) in [5.74, 6) is -0.453. The third-order valence-corrected chi connectivity index (χ3v) is 7.04. The molecule has 0 unspecified atom stereocenters. The normalized spacial score (nSPS) is 15.2. The van der Waals surface area contributed by atoms with Crippen LogP contribution >= 0.6 is 11.3 Å². The molecule has 34 heavy (non-hydrogen) atoms. The molecule has 2 aromatic heterocycles. The molecular weight excluding hydrogens is 457 g/mol. The molecule has 9 heteroatoms. The van der Waals surface area contributed by atoms with Crippen LogP contribution in [0.15, 0.2) is 53.1 Å². The van der Waals surface area contributed by atoms with Crippen molar-refractivity contribution in [3.8, 4) is 0 Å². The van der Waals surface area contributed by atoms with E-state index in [-0.39, 0.29) is 23.6 Å². The highest BCUT2D eigenvalue weighted by Crippen LogP contribution is 2.40. The van der Waals surface area contributed by atoms with Crippen molar-refractivity contribution < 1.29 is 23.1 Å². The van der Waals surface area contributed by atoms with Gasteiger partial charge in [-0.3, -0.25) is 9.69 Å². The van der Waals surface area contributed by atoms with Crippen LogP contribution in [0, 0.1) is 5.82 Å². The highest BCUT2D eigenvalue weighted by Gasteiger charge is 2.33. The standard InChI is InChI=1S/C25H28FN3O4S/c1-3-17-16-19(24(34-17)27-23(30)21-10-7-15-33-21)22(18-8-5-6-9-20(18)26)28-11-13-29(14-12-28)25(31)32-4-2/h5-10,15-16,22H,3-4,11-14H2,1-2H3,(H,27,30)/t22-/m1/s1. The van der Waals surface area contributed by atoms with Crippen molar-refractivity contribution in [3.05, 3.63) is 76.3 Å². The Bertz CT molecular complexity index is 1120. The van der Waals surface area contributed by atoms with Crippen LogP contribution < -0.4 is 5.32 Å². The van der Waals surface area contributed by atoms with Crippen LogP contribution in [-0.2, 0) is 11.2 Å². The van der Waals surface area contributed by atoms with E-state index in [0.717, 1.165) is 16.9 Å². The highest BCUT2D eigenvalue weighted by atomic mass is 32.1. The third-order valence-electron chi connectivity index (χ3n) is 5.83. The van der Waals surface area contributed by atoms with E-state index >= 15 is 4.39 Å². The first kappa shape index (κ1) is 24.0. The number of anilines is 1. The molecule has 1 aliphatic rings. The molecule has 4 rings (SSSR count). The fourth-order valence-corrected chi connectivity index (χ4v) is 5.17. The monoisotopic (exact) mass is 485 g/mol. The van der Waals surface area contributed by atoms with Crippen molar-refractivity contribution in [1.29, 1.82) is 0 Å². The predicted molar refractivity (Wildman–Crippen MR) is 129 cm³/mol. The molecule has 1 saturated heterocycles. The second kappa shape index (κ2) is 10.8. The Morgan fingerprint density at radius 3 is 2.53 bits per heavy atom. The van der Waals surface area contributed by atoms with Gasteiger partial charge in [0.1, 0.15) is 10.8 Å². The zero-order chi connectivity index (χ0) is 24.1. The third kappa shape index (κ3) is 5.15. The van der Waals surface area contributed by atoms with Crippen molar-refractivity contribution in [2.45, 2.75) is 26.3 Å². The predicted octanol–water partition coefficient (Wildman–Crippen LogP) is 5.16. The number of ether oxygens (including phenoxy) is 1. The van der Waals surface area contributed by atoms with Gasteiger partial charge in [-0.2, -0.15) is 0 Å². The molecule has 1 fully saturated rings. The van der Waals surface area contributed by atoms with E-state index in [1.165, 1.54) is 23.7 Å². The second-order valence-electron chi connectivity index (χ2n) is 7.93. The molecule has 3 aromatic rings. The van der Waals surface area contributed by atoms with Gasteiger partial charge in [0.2, 0.25) is 0 Å². The molecule has 0 spiro atoms. The van der Waals surface area contributed by atoms with E-state index < -0.39 is 6.04 Å². The lowest BCUT2D eigenvalue weighted by atomic mass is 9.96. The number of amides is 2. The summed E-state index contributed by atoms with van der Waals surface area (Å²) in [7, 11) is 0. The Labute approximate surface area is 202 Å². The number of furan rings is 1. The lowest BCUT2D eigenvalue weighted by molar-refractivity contribution is 0.0711. The molecule has 1 atom stereocenters. The second-order valence-corrected chi connectivity index (χ2v) is 9.06. The number of hydrogen-bond acceptors (Lipinski definition) is 6. The van der Waals surface area contributed by atoms with E-state index in [1.54, 1.807) is 36.1 Å². The van der Waals surface area contributed by atoms with Gasteiger partial charge in [-0.1, -0.05) is 25.1 Å². The van der Waals surface area contributed by atoms with Crippen LogP contribution in [-0.4, -0.2) is 54.6 Å². The van der Waals surface area contributed by atoms with Crippen LogP contribution in [0.1, 0.15) is 46.4 Å². The lowest BCUT2D eigenvalue weighted by Crippen LogP contribution is -2.50. The summed E-state index contributed by atoms with van der Waals surface area (Å²) in [6.45, 7) is 6.18. The zero-order valence-electron chi connectivity index (χ0n) is 19.3. The number of piperazine rings is 1. The van der Waals surface area contributed by atoms with Gasteiger partial charge in [-0.25, -0.2) is 9.18 Å². The van der Waals surface area contributed by atoms with Crippen LogP contribution in [0.3, 0.4) is 0 Å². The zero-order valence-corrected chi connectivity index (χ0v) is 20.1. The van der Waals surface area contributed by atoms with Crippen LogP contribution in [0.5, 0.6) is 0 Å². The highest BCUT2D eigenvalue weighted by molar-refractivity contribution is 7.16. The van der Waals surface area contributed by atoms with Crippen molar-refractivity contribution in [1.82, 2.24) is 9.80 Å². The number of nitrogens with zero attached hydrogens (tertiary/aromatic N) is 2. The molecule has 2 amide bonds. The van der Waals surface area contributed by atoms with E-state index in [4.69, 9.17) is 9.15 Å². The van der Waals surface area contributed by atoms with Gasteiger partial charge in [0.05, 0.1) is 18.9 Å². The maximum atomic E-state index is 15.1. The smallest absolute Gasteiger partial charge is 0.409 e. The molecule has 0 radical (unpaired) electrons. The van der Waals surface area contributed by atoms with Crippen LogP contribution in [0.4, 0.5) is 14.2 Å².